The highest BCUT2D eigenvalue weighted by Gasteiger charge is 2.61. The van der Waals surface area contributed by atoms with Crippen LogP contribution in [0.3, 0.4) is 0 Å². The molecule has 0 radical (unpaired) electrons. The van der Waals surface area contributed by atoms with Crippen LogP contribution in [-0.4, -0.2) is 42.6 Å². The third-order valence-electron chi connectivity index (χ3n) is 20.4. The number of fused-ring (bicyclic) bond motifs is 10. The van der Waals surface area contributed by atoms with Gasteiger partial charge in [-0.05, 0) is 190 Å². The highest BCUT2D eigenvalue weighted by atomic mass is 16.5. The maximum absolute atomic E-state index is 12.0. The Morgan fingerprint density at radius 3 is 1.64 bits per heavy atom. The van der Waals surface area contributed by atoms with Crippen molar-refractivity contribution in [3.05, 3.63) is 23.3 Å². The molecule has 0 aromatic rings. The molecule has 6 fully saturated rings. The number of allylic oxidation sites excluding steroid dienone is 3. The standard InChI is InChI=1S/C27H44O3.C25H38O3.CH4/c1-6-27(29)16-15-25(3)19(17-27)8-9-20-22-11-10-21(18(2)7-12-24(28)30-5)26(22,4)14-13-23(20)25;1-16(5-10-23(27)28-4)20-8-9-21-19-7-6-17-15-18(26)11-13-24(17,2)22(19)12-14-25(20,21)3;/h8,18,20-23,29H,6-7,9-17H2,1-5H3;6,16,19-22H,5,7-15H2,1-4H3;1H4/t18-,20+,21-,22+,23+,25+,26-,27+;16-,19+,20-,21+,22+,24+,25-;/m11./s1. The first-order chi connectivity index (χ1) is 27.5. The van der Waals surface area contributed by atoms with Gasteiger partial charge < -0.3 is 14.6 Å². The Balaban J connectivity index is 0.000000195. The number of hydrogen-bond acceptors (Lipinski definition) is 6. The molecular weight excluding hydrogens is 733 g/mol. The molecule has 0 heterocycles. The Kier molecular flexibility index (Phi) is 13.9. The van der Waals surface area contributed by atoms with Gasteiger partial charge in [-0.1, -0.05) is 79.2 Å². The van der Waals surface area contributed by atoms with Crippen molar-refractivity contribution in [1.82, 2.24) is 0 Å². The fraction of sp³-hybridized carbons (Fsp3) is 0.868. The van der Waals surface area contributed by atoms with Crippen LogP contribution in [0.1, 0.15) is 191 Å². The Morgan fingerprint density at radius 2 is 1.17 bits per heavy atom. The summed E-state index contributed by atoms with van der Waals surface area (Å²) in [6.45, 7) is 17.0. The largest absolute Gasteiger partial charge is 0.469 e. The molecular formula is C53H86O6. The second-order valence-corrected chi connectivity index (χ2v) is 22.6. The molecule has 0 amide bonds. The van der Waals surface area contributed by atoms with Crippen LogP contribution in [0.2, 0.25) is 0 Å². The van der Waals surface area contributed by atoms with Crippen LogP contribution >= 0.6 is 0 Å². The number of hydrogen-bond donors (Lipinski definition) is 1. The molecule has 0 aromatic heterocycles. The molecule has 0 saturated heterocycles. The molecule has 8 rings (SSSR count). The number of carbonyl (C=O) groups is 3. The number of ketones is 1. The summed E-state index contributed by atoms with van der Waals surface area (Å²) >= 11 is 0. The van der Waals surface area contributed by atoms with Gasteiger partial charge in [0.05, 0.1) is 19.8 Å². The van der Waals surface area contributed by atoms with Gasteiger partial charge in [0.2, 0.25) is 0 Å². The molecule has 6 nitrogen and oxygen atoms in total. The van der Waals surface area contributed by atoms with Gasteiger partial charge in [0, 0.05) is 25.7 Å². The van der Waals surface area contributed by atoms with E-state index in [0.717, 1.165) is 105 Å². The van der Waals surface area contributed by atoms with E-state index in [9.17, 15) is 19.5 Å². The molecule has 334 valence electrons. The summed E-state index contributed by atoms with van der Waals surface area (Å²) in [5, 5.41) is 11.0. The Morgan fingerprint density at radius 1 is 0.695 bits per heavy atom. The van der Waals surface area contributed by atoms with E-state index in [1.807, 2.05) is 0 Å². The summed E-state index contributed by atoms with van der Waals surface area (Å²) in [6, 6.07) is 0. The minimum atomic E-state index is -0.463. The van der Waals surface area contributed by atoms with Crippen LogP contribution in [0.5, 0.6) is 0 Å². The van der Waals surface area contributed by atoms with Crippen LogP contribution < -0.4 is 0 Å². The van der Waals surface area contributed by atoms with E-state index in [2.05, 4.69) is 60.6 Å². The average Bonchev–Trinajstić information content (AvgIpc) is 3.76. The molecule has 0 unspecified atom stereocenters. The summed E-state index contributed by atoms with van der Waals surface area (Å²) in [5.41, 5.74) is 4.00. The first-order valence-electron chi connectivity index (χ1n) is 24.2. The maximum atomic E-state index is 12.0. The van der Waals surface area contributed by atoms with Crippen molar-refractivity contribution in [3.63, 3.8) is 0 Å². The van der Waals surface area contributed by atoms with Gasteiger partial charge in [0.15, 0.2) is 0 Å². The lowest BCUT2D eigenvalue weighted by Gasteiger charge is -2.59. The molecule has 59 heavy (non-hydrogen) atoms. The van der Waals surface area contributed by atoms with E-state index < -0.39 is 5.60 Å². The monoisotopic (exact) mass is 819 g/mol. The lowest BCUT2D eigenvalue weighted by Crippen LogP contribution is -2.52. The van der Waals surface area contributed by atoms with Gasteiger partial charge in [-0.3, -0.25) is 14.4 Å². The smallest absolute Gasteiger partial charge is 0.305 e. The number of rotatable bonds is 9. The Labute approximate surface area is 360 Å². The zero-order valence-corrected chi connectivity index (χ0v) is 38.3. The van der Waals surface area contributed by atoms with Gasteiger partial charge in [0.25, 0.3) is 0 Å². The molecule has 1 N–H and O–H groups in total. The first-order valence-corrected chi connectivity index (χ1v) is 24.2. The second-order valence-electron chi connectivity index (χ2n) is 22.6. The Hall–Kier alpha value is -1.95. The minimum absolute atomic E-state index is 0. The molecule has 6 heteroatoms. The highest BCUT2D eigenvalue weighted by Crippen LogP contribution is 2.69. The number of ether oxygens (including phenoxy) is 2. The van der Waals surface area contributed by atoms with Crippen LogP contribution in [0.15, 0.2) is 23.3 Å². The topological polar surface area (TPSA) is 89.9 Å². The van der Waals surface area contributed by atoms with Crippen molar-refractivity contribution in [1.29, 1.82) is 0 Å². The lowest BCUT2D eigenvalue weighted by molar-refractivity contribution is -0.142. The summed E-state index contributed by atoms with van der Waals surface area (Å²) in [7, 11) is 2.99. The number of Topliss-reactive ketones (excluding diaryl/α,β-unsaturated/α-hetero) is 1. The molecule has 0 spiro atoms. The average molecular weight is 819 g/mol. The van der Waals surface area contributed by atoms with Crippen LogP contribution in [-0.2, 0) is 23.9 Å². The van der Waals surface area contributed by atoms with Crippen molar-refractivity contribution in [2.75, 3.05) is 14.2 Å². The SMILES string of the molecule is C.CC[C@]1(O)CC[C@@]2(C)C(=CC[C@H]3[C@@H]4CC[C@H]([C@H](C)CCC(=O)OC)[C@@]4(C)CC[C@@H]32)C1.COC(=O)CC[C@@H](C)[C@H]1CC[C@H]2[C@@H]3CC=C4CC(=O)CC[C@]4(C)[C@H]3CC[C@]12C. The fourth-order valence-electron chi connectivity index (χ4n) is 16.7. The number of methoxy groups -OCH3 is 2. The molecule has 0 aliphatic heterocycles. The predicted molar refractivity (Wildman–Crippen MR) is 238 cm³/mol. The van der Waals surface area contributed by atoms with Gasteiger partial charge in [-0.15, -0.1) is 0 Å². The zero-order valence-electron chi connectivity index (χ0n) is 38.3. The van der Waals surface area contributed by atoms with Crippen molar-refractivity contribution in [2.24, 2.45) is 80.8 Å². The molecule has 6 saturated carbocycles. The van der Waals surface area contributed by atoms with E-state index in [-0.39, 0.29) is 24.8 Å². The van der Waals surface area contributed by atoms with Crippen molar-refractivity contribution in [2.45, 2.75) is 196 Å². The Bertz CT molecular complexity index is 1610. The molecule has 0 bridgehead atoms. The van der Waals surface area contributed by atoms with Crippen LogP contribution in [0, 0.1) is 80.8 Å². The normalized spacial score (nSPS) is 44.1. The number of carbonyl (C=O) groups excluding carboxylic acids is 3. The van der Waals surface area contributed by atoms with E-state index in [1.165, 1.54) is 84.0 Å². The highest BCUT2D eigenvalue weighted by molar-refractivity contribution is 5.82. The molecule has 8 aliphatic rings. The summed E-state index contributed by atoms with van der Waals surface area (Å²) < 4.78 is 9.75. The maximum Gasteiger partial charge on any atom is 0.305 e. The van der Waals surface area contributed by atoms with Gasteiger partial charge in [-0.25, -0.2) is 0 Å². The van der Waals surface area contributed by atoms with Crippen LogP contribution in [0.4, 0.5) is 0 Å². The summed E-state index contributed by atoms with van der Waals surface area (Å²) in [6.07, 6.45) is 27.6. The quantitative estimate of drug-likeness (QED) is 0.184. The molecule has 8 aliphatic carbocycles. The lowest BCUT2D eigenvalue weighted by atomic mass is 9.46. The van der Waals surface area contributed by atoms with Crippen molar-refractivity contribution < 1.29 is 29.0 Å². The zero-order chi connectivity index (χ0) is 41.8. The minimum Gasteiger partial charge on any atom is -0.469 e. The second kappa shape index (κ2) is 17.7. The van der Waals surface area contributed by atoms with E-state index >= 15 is 0 Å². The van der Waals surface area contributed by atoms with Gasteiger partial charge >= 0.3 is 11.9 Å². The van der Waals surface area contributed by atoms with Crippen LogP contribution in [0.25, 0.3) is 0 Å². The van der Waals surface area contributed by atoms with E-state index in [1.54, 1.807) is 5.57 Å². The van der Waals surface area contributed by atoms with Gasteiger partial charge in [0.1, 0.15) is 5.78 Å². The number of aliphatic hydroxyl groups is 1. The van der Waals surface area contributed by atoms with Gasteiger partial charge in [-0.2, -0.15) is 0 Å². The third kappa shape index (κ3) is 8.23. The van der Waals surface area contributed by atoms with Crippen molar-refractivity contribution >= 4 is 17.7 Å². The first kappa shape index (κ1) is 46.6. The summed E-state index contributed by atoms with van der Waals surface area (Å²) in [4.78, 5) is 35.3. The molecule has 15 atom stereocenters. The summed E-state index contributed by atoms with van der Waals surface area (Å²) in [5.74, 6) is 7.75. The molecule has 0 aromatic carbocycles. The van der Waals surface area contributed by atoms with Crippen molar-refractivity contribution in [3.8, 4) is 0 Å². The predicted octanol–water partition coefficient (Wildman–Crippen LogP) is 12.7. The number of esters is 2. The third-order valence-corrected chi connectivity index (χ3v) is 20.4. The van der Waals surface area contributed by atoms with E-state index in [4.69, 9.17) is 9.47 Å². The fourth-order valence-corrected chi connectivity index (χ4v) is 16.7. The van der Waals surface area contributed by atoms with E-state index in [0.29, 0.717) is 46.7 Å².